The largest absolute Gasteiger partial charge is 0.376 e. The molecule has 0 aliphatic rings. The summed E-state index contributed by atoms with van der Waals surface area (Å²) in [4.78, 5) is 3.78. The second-order valence-electron chi connectivity index (χ2n) is 4.23. The van der Waals surface area contributed by atoms with E-state index in [-0.39, 0.29) is 11.9 Å². The molecule has 0 amide bonds. The lowest BCUT2D eigenvalue weighted by Gasteiger charge is -2.17. The number of halogens is 2. The predicted octanol–water partition coefficient (Wildman–Crippen LogP) is 3.84. The number of rotatable bonds is 3. The van der Waals surface area contributed by atoms with Gasteiger partial charge in [-0.1, -0.05) is 12.1 Å². The highest BCUT2D eigenvalue weighted by Gasteiger charge is 2.11. The smallest absolute Gasteiger partial charge is 0.146 e. The molecule has 0 aliphatic carbocycles. The van der Waals surface area contributed by atoms with Crippen LogP contribution in [0.15, 0.2) is 36.7 Å². The molecule has 1 aromatic carbocycles. The van der Waals surface area contributed by atoms with Crippen LogP contribution in [0.25, 0.3) is 0 Å². The lowest BCUT2D eigenvalue weighted by Crippen LogP contribution is -2.09. The third-order valence-corrected chi connectivity index (χ3v) is 2.81. The maximum absolute atomic E-state index is 13.7. The van der Waals surface area contributed by atoms with Crippen LogP contribution in [0.2, 0.25) is 0 Å². The molecule has 18 heavy (non-hydrogen) atoms. The van der Waals surface area contributed by atoms with Crippen molar-refractivity contribution in [2.45, 2.75) is 19.9 Å². The summed E-state index contributed by atoms with van der Waals surface area (Å²) >= 11 is 0. The zero-order chi connectivity index (χ0) is 13.1. The maximum atomic E-state index is 13.7. The van der Waals surface area contributed by atoms with E-state index in [9.17, 15) is 8.78 Å². The van der Waals surface area contributed by atoms with Gasteiger partial charge in [0.15, 0.2) is 0 Å². The Balaban J connectivity index is 2.24. The molecule has 0 fully saturated rings. The minimum atomic E-state index is -0.397. The van der Waals surface area contributed by atoms with Crippen molar-refractivity contribution in [2.24, 2.45) is 0 Å². The summed E-state index contributed by atoms with van der Waals surface area (Å²) in [5, 5.41) is 3.04. The zero-order valence-electron chi connectivity index (χ0n) is 10.2. The first kappa shape index (κ1) is 12.5. The molecule has 4 heteroatoms. The molecule has 0 saturated carbocycles. The van der Waals surface area contributed by atoms with Crippen molar-refractivity contribution in [3.63, 3.8) is 0 Å². The van der Waals surface area contributed by atoms with Gasteiger partial charge in [0.1, 0.15) is 11.6 Å². The molecule has 0 aliphatic heterocycles. The number of hydrogen-bond donors (Lipinski definition) is 1. The van der Waals surface area contributed by atoms with Gasteiger partial charge in [-0.05, 0) is 37.1 Å². The standard InChI is InChI=1S/C14H14F2N2/c1-9-4-3-5-13(16)14(9)18-10(2)11-6-12(15)8-17-7-11/h3-8,10,18H,1-2H3. The molecule has 2 aromatic rings. The molecule has 1 heterocycles. The molecule has 2 rings (SSSR count). The molecule has 0 spiro atoms. The molecular formula is C14H14F2N2. The van der Waals surface area contributed by atoms with E-state index in [1.54, 1.807) is 12.3 Å². The molecule has 1 unspecified atom stereocenters. The van der Waals surface area contributed by atoms with E-state index in [1.807, 2.05) is 19.9 Å². The third-order valence-electron chi connectivity index (χ3n) is 2.81. The lowest BCUT2D eigenvalue weighted by atomic mass is 10.1. The van der Waals surface area contributed by atoms with Crippen LogP contribution in [0.4, 0.5) is 14.5 Å². The first-order valence-corrected chi connectivity index (χ1v) is 5.70. The fraction of sp³-hybridized carbons (Fsp3) is 0.214. The van der Waals surface area contributed by atoms with Crippen molar-refractivity contribution in [3.8, 4) is 0 Å². The average Bonchev–Trinajstić information content (AvgIpc) is 2.34. The Labute approximate surface area is 105 Å². The Morgan fingerprint density at radius 3 is 2.67 bits per heavy atom. The van der Waals surface area contributed by atoms with E-state index in [4.69, 9.17) is 0 Å². The summed E-state index contributed by atoms with van der Waals surface area (Å²) in [7, 11) is 0. The molecule has 2 nitrogen and oxygen atoms in total. The quantitative estimate of drug-likeness (QED) is 0.892. The summed E-state index contributed by atoms with van der Waals surface area (Å²) in [6, 6.07) is 6.04. The first-order valence-electron chi connectivity index (χ1n) is 5.70. The molecule has 1 atom stereocenters. The van der Waals surface area contributed by atoms with Gasteiger partial charge < -0.3 is 5.32 Å². The number of pyridine rings is 1. The van der Waals surface area contributed by atoms with Gasteiger partial charge >= 0.3 is 0 Å². The number of benzene rings is 1. The number of hydrogen-bond acceptors (Lipinski definition) is 2. The van der Waals surface area contributed by atoms with Crippen molar-refractivity contribution in [2.75, 3.05) is 5.32 Å². The number of nitrogens with one attached hydrogen (secondary N) is 1. The number of para-hydroxylation sites is 1. The van der Waals surface area contributed by atoms with Gasteiger partial charge in [-0.25, -0.2) is 8.78 Å². The maximum Gasteiger partial charge on any atom is 0.146 e. The third kappa shape index (κ3) is 2.64. The molecule has 0 saturated heterocycles. The molecule has 1 N–H and O–H groups in total. The van der Waals surface area contributed by atoms with Crippen molar-refractivity contribution >= 4 is 5.69 Å². The molecule has 1 aromatic heterocycles. The van der Waals surface area contributed by atoms with Crippen molar-refractivity contribution in [1.82, 2.24) is 4.98 Å². The lowest BCUT2D eigenvalue weighted by molar-refractivity contribution is 0.614. The van der Waals surface area contributed by atoms with Crippen LogP contribution in [-0.2, 0) is 0 Å². The highest BCUT2D eigenvalue weighted by Crippen LogP contribution is 2.24. The van der Waals surface area contributed by atoms with Crippen LogP contribution in [-0.4, -0.2) is 4.98 Å². The number of nitrogens with zero attached hydrogens (tertiary/aromatic N) is 1. The monoisotopic (exact) mass is 248 g/mol. The minimum absolute atomic E-state index is 0.219. The van der Waals surface area contributed by atoms with Crippen LogP contribution in [0.5, 0.6) is 0 Å². The Hall–Kier alpha value is -1.97. The van der Waals surface area contributed by atoms with E-state index in [0.717, 1.165) is 11.8 Å². The topological polar surface area (TPSA) is 24.9 Å². The zero-order valence-corrected chi connectivity index (χ0v) is 10.2. The predicted molar refractivity (Wildman–Crippen MR) is 67.4 cm³/mol. The summed E-state index contributed by atoms with van der Waals surface area (Å²) < 4.78 is 26.7. The Morgan fingerprint density at radius 1 is 1.22 bits per heavy atom. The van der Waals surface area contributed by atoms with Crippen LogP contribution < -0.4 is 5.32 Å². The molecule has 0 bridgehead atoms. The molecule has 94 valence electrons. The van der Waals surface area contributed by atoms with Gasteiger partial charge in [0, 0.05) is 6.20 Å². The van der Waals surface area contributed by atoms with Crippen LogP contribution in [0, 0.1) is 18.6 Å². The SMILES string of the molecule is Cc1cccc(F)c1NC(C)c1cncc(F)c1. The van der Waals surface area contributed by atoms with E-state index in [1.165, 1.54) is 12.1 Å². The normalized spacial score (nSPS) is 12.2. The van der Waals surface area contributed by atoms with Crippen LogP contribution in [0.1, 0.15) is 24.1 Å². The average molecular weight is 248 g/mol. The fourth-order valence-corrected chi connectivity index (χ4v) is 1.78. The number of aromatic nitrogens is 1. The number of anilines is 1. The second kappa shape index (κ2) is 5.12. The fourth-order valence-electron chi connectivity index (χ4n) is 1.78. The van der Waals surface area contributed by atoms with E-state index in [0.29, 0.717) is 11.3 Å². The summed E-state index contributed by atoms with van der Waals surface area (Å²) in [5.74, 6) is -0.711. The van der Waals surface area contributed by atoms with Crippen LogP contribution >= 0.6 is 0 Å². The van der Waals surface area contributed by atoms with Gasteiger partial charge in [0.25, 0.3) is 0 Å². The van der Waals surface area contributed by atoms with Crippen molar-refractivity contribution < 1.29 is 8.78 Å². The van der Waals surface area contributed by atoms with Gasteiger partial charge in [-0.2, -0.15) is 0 Å². The Bertz CT molecular complexity index is 535. The van der Waals surface area contributed by atoms with Crippen LogP contribution in [0.3, 0.4) is 0 Å². The van der Waals surface area contributed by atoms with E-state index in [2.05, 4.69) is 10.3 Å². The summed E-state index contributed by atoms with van der Waals surface area (Å²) in [5.41, 5.74) is 1.93. The first-order chi connectivity index (χ1) is 8.58. The molecule has 0 radical (unpaired) electrons. The van der Waals surface area contributed by atoms with Gasteiger partial charge in [0.05, 0.1) is 17.9 Å². The minimum Gasteiger partial charge on any atom is -0.376 e. The van der Waals surface area contributed by atoms with Crippen molar-refractivity contribution in [3.05, 3.63) is 59.4 Å². The van der Waals surface area contributed by atoms with Crippen molar-refractivity contribution in [1.29, 1.82) is 0 Å². The van der Waals surface area contributed by atoms with E-state index < -0.39 is 5.82 Å². The van der Waals surface area contributed by atoms with Gasteiger partial charge in [-0.3, -0.25) is 4.98 Å². The number of aryl methyl sites for hydroxylation is 1. The Morgan fingerprint density at radius 2 is 2.00 bits per heavy atom. The van der Waals surface area contributed by atoms with Gasteiger partial charge in [-0.15, -0.1) is 0 Å². The molecular weight excluding hydrogens is 234 g/mol. The second-order valence-corrected chi connectivity index (χ2v) is 4.23. The summed E-state index contributed by atoms with van der Waals surface area (Å²) in [6.07, 6.45) is 2.71. The highest BCUT2D eigenvalue weighted by atomic mass is 19.1. The highest BCUT2D eigenvalue weighted by molar-refractivity contribution is 5.53. The summed E-state index contributed by atoms with van der Waals surface area (Å²) in [6.45, 7) is 3.66. The Kier molecular flexibility index (Phi) is 3.55. The van der Waals surface area contributed by atoms with Gasteiger partial charge in [0.2, 0.25) is 0 Å². The van der Waals surface area contributed by atoms with E-state index >= 15 is 0 Å².